The topological polar surface area (TPSA) is 24.5 Å². The molecule has 0 saturated carbocycles. The minimum absolute atomic E-state index is 0.446. The van der Waals surface area contributed by atoms with E-state index in [4.69, 9.17) is 4.74 Å². The fraction of sp³-hybridized carbons (Fsp3) is 0.625. The first-order valence-electron chi connectivity index (χ1n) is 7.57. The number of hydrogen-bond acceptors (Lipinski definition) is 3. The van der Waals surface area contributed by atoms with Gasteiger partial charge in [0.15, 0.2) is 0 Å². The Hall–Kier alpha value is -0.260. The maximum Gasteiger partial charge on any atom is 0.135 e. The molecular formula is C16H24Br2N2O. The molecule has 5 heteroatoms. The normalized spacial score (nSPS) is 21.1. The molecule has 0 aliphatic carbocycles. The molecule has 1 fully saturated rings. The van der Waals surface area contributed by atoms with Crippen LogP contribution in [0.2, 0.25) is 0 Å². The lowest BCUT2D eigenvalue weighted by Crippen LogP contribution is -2.41. The van der Waals surface area contributed by atoms with Gasteiger partial charge in [-0.2, -0.15) is 0 Å². The molecule has 3 nitrogen and oxygen atoms in total. The van der Waals surface area contributed by atoms with Crippen LogP contribution in [0.1, 0.15) is 26.7 Å². The Balaban J connectivity index is 2.06. The lowest BCUT2D eigenvalue weighted by Gasteiger charge is -2.36. The fourth-order valence-electron chi connectivity index (χ4n) is 2.95. The molecule has 0 aromatic heterocycles. The lowest BCUT2D eigenvalue weighted by atomic mass is 9.91. The van der Waals surface area contributed by atoms with Crippen molar-refractivity contribution in [3.05, 3.63) is 21.1 Å². The second-order valence-corrected chi connectivity index (χ2v) is 7.40. The van der Waals surface area contributed by atoms with Gasteiger partial charge in [0.25, 0.3) is 0 Å². The van der Waals surface area contributed by atoms with E-state index in [-0.39, 0.29) is 0 Å². The number of hydrogen-bond donors (Lipinski definition) is 1. The molecule has 1 aliphatic rings. The summed E-state index contributed by atoms with van der Waals surface area (Å²) in [4.78, 5) is 2.55. The van der Waals surface area contributed by atoms with Crippen LogP contribution in [0.25, 0.3) is 0 Å². The van der Waals surface area contributed by atoms with Crippen molar-refractivity contribution >= 4 is 37.5 Å². The first kappa shape index (κ1) is 17.1. The number of nitrogens with zero attached hydrogens (tertiary/aromatic N) is 1. The van der Waals surface area contributed by atoms with Gasteiger partial charge < -0.3 is 15.0 Å². The minimum Gasteiger partial charge on any atom is -0.495 e. The van der Waals surface area contributed by atoms with E-state index in [1.165, 1.54) is 25.9 Å². The maximum absolute atomic E-state index is 5.39. The Labute approximate surface area is 144 Å². The van der Waals surface area contributed by atoms with Crippen molar-refractivity contribution < 1.29 is 4.74 Å². The SMILES string of the molecule is CCN1CCCC(C(C)Nc2cc(OC)c(Br)cc2Br)C1. The molecule has 2 unspecified atom stereocenters. The molecule has 0 amide bonds. The van der Waals surface area contributed by atoms with Crippen LogP contribution in [0.15, 0.2) is 21.1 Å². The average Bonchev–Trinajstić information content (AvgIpc) is 2.50. The van der Waals surface area contributed by atoms with Crippen molar-refractivity contribution in [3.63, 3.8) is 0 Å². The van der Waals surface area contributed by atoms with Crippen LogP contribution in [0, 0.1) is 5.92 Å². The molecule has 21 heavy (non-hydrogen) atoms. The van der Waals surface area contributed by atoms with Gasteiger partial charge in [-0.3, -0.25) is 0 Å². The van der Waals surface area contributed by atoms with Crippen molar-refractivity contribution in [2.75, 3.05) is 32.1 Å². The van der Waals surface area contributed by atoms with Crippen molar-refractivity contribution in [2.24, 2.45) is 5.92 Å². The van der Waals surface area contributed by atoms with Gasteiger partial charge in [0.1, 0.15) is 5.75 Å². The Morgan fingerprint density at radius 1 is 1.38 bits per heavy atom. The Bertz CT molecular complexity index is 482. The molecule has 1 N–H and O–H groups in total. The molecule has 2 rings (SSSR count). The summed E-state index contributed by atoms with van der Waals surface area (Å²) >= 11 is 7.14. The first-order chi connectivity index (χ1) is 10.0. The van der Waals surface area contributed by atoms with Crippen molar-refractivity contribution in [1.82, 2.24) is 4.90 Å². The number of piperidine rings is 1. The number of nitrogens with one attached hydrogen (secondary N) is 1. The number of methoxy groups -OCH3 is 1. The summed E-state index contributed by atoms with van der Waals surface area (Å²) in [5, 5.41) is 3.65. The van der Waals surface area contributed by atoms with Gasteiger partial charge in [-0.25, -0.2) is 0 Å². The summed E-state index contributed by atoms with van der Waals surface area (Å²) in [7, 11) is 1.70. The third-order valence-electron chi connectivity index (χ3n) is 4.32. The highest BCUT2D eigenvalue weighted by Crippen LogP contribution is 2.35. The van der Waals surface area contributed by atoms with Gasteiger partial charge in [-0.05, 0) is 76.7 Å². The molecule has 1 heterocycles. The van der Waals surface area contributed by atoms with E-state index in [1.807, 2.05) is 12.1 Å². The van der Waals surface area contributed by atoms with E-state index in [0.717, 1.165) is 26.9 Å². The van der Waals surface area contributed by atoms with Gasteiger partial charge >= 0.3 is 0 Å². The second kappa shape index (κ2) is 7.84. The number of rotatable bonds is 5. The second-order valence-electron chi connectivity index (χ2n) is 5.70. The molecule has 0 spiro atoms. The molecule has 1 aromatic rings. The summed E-state index contributed by atoms with van der Waals surface area (Å²) in [6.07, 6.45) is 2.60. The average molecular weight is 420 g/mol. The highest BCUT2D eigenvalue weighted by atomic mass is 79.9. The Morgan fingerprint density at radius 3 is 2.81 bits per heavy atom. The van der Waals surface area contributed by atoms with Crippen LogP contribution in [-0.4, -0.2) is 37.7 Å². The van der Waals surface area contributed by atoms with Gasteiger partial charge in [-0.15, -0.1) is 0 Å². The standard InChI is InChI=1S/C16H24Br2N2O/c1-4-20-7-5-6-12(10-20)11(2)19-15-9-16(21-3)14(18)8-13(15)17/h8-9,11-12,19H,4-7,10H2,1-3H3. The van der Waals surface area contributed by atoms with E-state index < -0.39 is 0 Å². The first-order valence-corrected chi connectivity index (χ1v) is 9.15. The number of halogens is 2. The predicted molar refractivity (Wildman–Crippen MR) is 96.3 cm³/mol. The highest BCUT2D eigenvalue weighted by Gasteiger charge is 2.24. The molecule has 1 aliphatic heterocycles. The smallest absolute Gasteiger partial charge is 0.135 e. The molecule has 2 atom stereocenters. The quantitative estimate of drug-likeness (QED) is 0.744. The van der Waals surface area contributed by atoms with Gasteiger partial charge in [-0.1, -0.05) is 6.92 Å². The van der Waals surface area contributed by atoms with Crippen LogP contribution >= 0.6 is 31.9 Å². The summed E-state index contributed by atoms with van der Waals surface area (Å²) in [5.74, 6) is 1.55. The third kappa shape index (κ3) is 4.36. The van der Waals surface area contributed by atoms with E-state index in [0.29, 0.717) is 12.0 Å². The van der Waals surface area contributed by atoms with E-state index >= 15 is 0 Å². The summed E-state index contributed by atoms with van der Waals surface area (Å²) in [6, 6.07) is 4.53. The summed E-state index contributed by atoms with van der Waals surface area (Å²) in [5.41, 5.74) is 1.09. The molecule has 118 valence electrons. The van der Waals surface area contributed by atoms with Crippen LogP contribution in [0.5, 0.6) is 5.75 Å². The van der Waals surface area contributed by atoms with Crippen molar-refractivity contribution in [1.29, 1.82) is 0 Å². The molecule has 1 aromatic carbocycles. The lowest BCUT2D eigenvalue weighted by molar-refractivity contribution is 0.172. The molecule has 0 radical (unpaired) electrons. The van der Waals surface area contributed by atoms with Crippen LogP contribution in [0.4, 0.5) is 5.69 Å². The highest BCUT2D eigenvalue weighted by molar-refractivity contribution is 9.11. The fourth-order valence-corrected chi connectivity index (χ4v) is 4.22. The van der Waals surface area contributed by atoms with Crippen LogP contribution in [0.3, 0.4) is 0 Å². The van der Waals surface area contributed by atoms with E-state index in [1.54, 1.807) is 7.11 Å². The van der Waals surface area contributed by atoms with Crippen LogP contribution in [-0.2, 0) is 0 Å². The van der Waals surface area contributed by atoms with Gasteiger partial charge in [0.05, 0.1) is 17.3 Å². The predicted octanol–water partition coefficient (Wildman–Crippen LogP) is 4.75. The number of benzene rings is 1. The zero-order valence-electron chi connectivity index (χ0n) is 13.0. The monoisotopic (exact) mass is 418 g/mol. The zero-order valence-corrected chi connectivity index (χ0v) is 16.1. The minimum atomic E-state index is 0.446. The van der Waals surface area contributed by atoms with Crippen LogP contribution < -0.4 is 10.1 Å². The summed E-state index contributed by atoms with van der Waals surface area (Å²) in [6.45, 7) is 8.12. The van der Waals surface area contributed by atoms with E-state index in [2.05, 4.69) is 55.9 Å². The Kier molecular flexibility index (Phi) is 6.38. The van der Waals surface area contributed by atoms with Gasteiger partial charge in [0, 0.05) is 23.1 Å². The number of ether oxygens (including phenoxy) is 1. The molecule has 0 bridgehead atoms. The summed E-state index contributed by atoms with van der Waals surface area (Å²) < 4.78 is 7.41. The maximum atomic E-state index is 5.39. The zero-order chi connectivity index (χ0) is 15.4. The Morgan fingerprint density at radius 2 is 2.14 bits per heavy atom. The van der Waals surface area contributed by atoms with E-state index in [9.17, 15) is 0 Å². The molecular weight excluding hydrogens is 396 g/mol. The third-order valence-corrected chi connectivity index (χ3v) is 5.60. The number of likely N-dealkylation sites (tertiary alicyclic amines) is 1. The van der Waals surface area contributed by atoms with Crippen molar-refractivity contribution in [2.45, 2.75) is 32.7 Å². The van der Waals surface area contributed by atoms with Crippen molar-refractivity contribution in [3.8, 4) is 5.75 Å². The van der Waals surface area contributed by atoms with Gasteiger partial charge in [0.2, 0.25) is 0 Å². The number of anilines is 1. The largest absolute Gasteiger partial charge is 0.495 e. The molecule has 1 saturated heterocycles.